The normalized spacial score (nSPS) is 11.9. The zero-order valence-electron chi connectivity index (χ0n) is 21.6. The van der Waals surface area contributed by atoms with Crippen LogP contribution < -0.4 is 22.2 Å². The van der Waals surface area contributed by atoms with Crippen LogP contribution in [0.2, 0.25) is 0 Å². The number of benzene rings is 2. The number of aromatic nitrogens is 6. The SMILES string of the molecule is C[C@@H](Nc1nc(N)ncc1-c1cscn1)c1nc2cccc(-c3ccc(=O)n(C)c3)c2c(=O)n1-c1ccccc1. The minimum absolute atomic E-state index is 0.113. The molecule has 3 N–H and O–H groups in total. The molecule has 198 valence electrons. The molecule has 10 nitrogen and oxygen atoms in total. The van der Waals surface area contributed by atoms with Gasteiger partial charge >= 0.3 is 0 Å². The van der Waals surface area contributed by atoms with Crippen LogP contribution in [0.15, 0.2) is 93.5 Å². The summed E-state index contributed by atoms with van der Waals surface area (Å²) in [5.41, 5.74) is 11.4. The minimum Gasteiger partial charge on any atom is -0.368 e. The molecule has 0 aliphatic carbocycles. The number of pyridine rings is 1. The van der Waals surface area contributed by atoms with Crippen molar-refractivity contribution in [2.24, 2.45) is 7.05 Å². The van der Waals surface area contributed by atoms with E-state index in [0.717, 1.165) is 5.56 Å². The first kappa shape index (κ1) is 25.1. The molecular formula is C29H24N8O2S. The molecule has 6 rings (SSSR count). The Morgan fingerprint density at radius 3 is 2.52 bits per heavy atom. The van der Waals surface area contributed by atoms with Gasteiger partial charge in [-0.1, -0.05) is 30.3 Å². The number of aryl methyl sites for hydroxylation is 1. The van der Waals surface area contributed by atoms with Crippen molar-refractivity contribution in [2.75, 3.05) is 11.1 Å². The number of fused-ring (bicyclic) bond motifs is 1. The first-order valence-electron chi connectivity index (χ1n) is 12.5. The summed E-state index contributed by atoms with van der Waals surface area (Å²) >= 11 is 1.46. The number of hydrogen-bond donors (Lipinski definition) is 2. The topological polar surface area (TPSA) is 134 Å². The molecule has 0 saturated carbocycles. The Morgan fingerprint density at radius 2 is 1.77 bits per heavy atom. The molecule has 0 fully saturated rings. The van der Waals surface area contributed by atoms with Crippen LogP contribution in [0.5, 0.6) is 0 Å². The maximum absolute atomic E-state index is 14.3. The maximum atomic E-state index is 14.3. The highest BCUT2D eigenvalue weighted by Crippen LogP contribution is 2.31. The second kappa shape index (κ2) is 10.2. The monoisotopic (exact) mass is 548 g/mol. The van der Waals surface area contributed by atoms with E-state index in [1.54, 1.807) is 35.6 Å². The fourth-order valence-electron chi connectivity index (χ4n) is 4.67. The van der Waals surface area contributed by atoms with Crippen molar-refractivity contribution in [3.8, 4) is 28.1 Å². The summed E-state index contributed by atoms with van der Waals surface area (Å²) in [5.74, 6) is 1.09. The van der Waals surface area contributed by atoms with E-state index in [2.05, 4.69) is 20.3 Å². The van der Waals surface area contributed by atoms with Gasteiger partial charge in [0.25, 0.3) is 5.56 Å². The summed E-state index contributed by atoms with van der Waals surface area (Å²) in [4.78, 5) is 44.3. The average molecular weight is 549 g/mol. The van der Waals surface area contributed by atoms with Gasteiger partial charge in [-0.3, -0.25) is 14.2 Å². The molecule has 0 bridgehead atoms. The minimum atomic E-state index is -0.467. The largest absolute Gasteiger partial charge is 0.368 e. The van der Waals surface area contributed by atoms with Crippen LogP contribution in [-0.2, 0) is 7.05 Å². The lowest BCUT2D eigenvalue weighted by molar-refractivity contribution is 0.731. The molecule has 1 atom stereocenters. The highest BCUT2D eigenvalue weighted by Gasteiger charge is 2.22. The molecule has 0 unspecified atom stereocenters. The zero-order chi connectivity index (χ0) is 27.8. The van der Waals surface area contributed by atoms with E-state index in [1.165, 1.54) is 22.0 Å². The Hall–Kier alpha value is -5.16. The Labute approximate surface area is 232 Å². The summed E-state index contributed by atoms with van der Waals surface area (Å²) in [5, 5.41) is 5.75. The lowest BCUT2D eigenvalue weighted by Crippen LogP contribution is -2.28. The second-order valence-electron chi connectivity index (χ2n) is 9.24. The van der Waals surface area contributed by atoms with Crippen molar-refractivity contribution < 1.29 is 0 Å². The highest BCUT2D eigenvalue weighted by molar-refractivity contribution is 7.07. The molecule has 4 heterocycles. The van der Waals surface area contributed by atoms with Crippen LogP contribution in [0.3, 0.4) is 0 Å². The van der Waals surface area contributed by atoms with E-state index < -0.39 is 6.04 Å². The quantitative estimate of drug-likeness (QED) is 0.312. The Kier molecular flexibility index (Phi) is 6.40. The summed E-state index contributed by atoms with van der Waals surface area (Å²) in [6.45, 7) is 1.91. The van der Waals surface area contributed by atoms with Gasteiger partial charge in [-0.25, -0.2) is 15.0 Å². The number of thiazole rings is 1. The summed E-state index contributed by atoms with van der Waals surface area (Å²) in [6, 6.07) is 17.7. The lowest BCUT2D eigenvalue weighted by atomic mass is 10.0. The van der Waals surface area contributed by atoms with Gasteiger partial charge in [0.05, 0.1) is 39.4 Å². The third-order valence-electron chi connectivity index (χ3n) is 6.59. The van der Waals surface area contributed by atoms with Gasteiger partial charge in [-0.05, 0) is 42.3 Å². The fraction of sp³-hybridized carbons (Fsp3) is 0.103. The van der Waals surface area contributed by atoms with Gasteiger partial charge in [-0.2, -0.15) is 4.98 Å². The van der Waals surface area contributed by atoms with Gasteiger partial charge in [0, 0.05) is 30.9 Å². The van der Waals surface area contributed by atoms with Crippen molar-refractivity contribution >= 4 is 34.0 Å². The molecular weight excluding hydrogens is 524 g/mol. The van der Waals surface area contributed by atoms with Crippen molar-refractivity contribution in [3.05, 3.63) is 110 Å². The smallest absolute Gasteiger partial charge is 0.266 e. The van der Waals surface area contributed by atoms with Gasteiger partial charge < -0.3 is 15.6 Å². The van der Waals surface area contributed by atoms with Crippen LogP contribution >= 0.6 is 11.3 Å². The Balaban J connectivity index is 1.56. The Morgan fingerprint density at radius 1 is 0.950 bits per heavy atom. The predicted octanol–water partition coefficient (Wildman–Crippen LogP) is 4.42. The zero-order valence-corrected chi connectivity index (χ0v) is 22.5. The predicted molar refractivity (Wildman–Crippen MR) is 158 cm³/mol. The van der Waals surface area contributed by atoms with Crippen molar-refractivity contribution in [3.63, 3.8) is 0 Å². The van der Waals surface area contributed by atoms with Crippen molar-refractivity contribution in [1.29, 1.82) is 0 Å². The van der Waals surface area contributed by atoms with Crippen molar-refractivity contribution in [2.45, 2.75) is 13.0 Å². The van der Waals surface area contributed by atoms with Gasteiger partial charge in [-0.15, -0.1) is 11.3 Å². The number of nitrogens with two attached hydrogens (primary N) is 1. The molecule has 40 heavy (non-hydrogen) atoms. The number of anilines is 2. The number of hydrogen-bond acceptors (Lipinski definition) is 9. The van der Waals surface area contributed by atoms with Crippen LogP contribution in [0.25, 0.3) is 39.0 Å². The second-order valence-corrected chi connectivity index (χ2v) is 9.96. The average Bonchev–Trinajstić information content (AvgIpc) is 3.49. The molecule has 11 heteroatoms. The van der Waals surface area contributed by atoms with Crippen LogP contribution in [0.4, 0.5) is 11.8 Å². The van der Waals surface area contributed by atoms with Gasteiger partial charge in [0.1, 0.15) is 11.6 Å². The van der Waals surface area contributed by atoms with E-state index in [9.17, 15) is 9.59 Å². The molecule has 2 aromatic carbocycles. The summed E-state index contributed by atoms with van der Waals surface area (Å²) in [7, 11) is 1.68. The first-order chi connectivity index (χ1) is 19.4. The van der Waals surface area contributed by atoms with E-state index >= 15 is 0 Å². The maximum Gasteiger partial charge on any atom is 0.266 e. The summed E-state index contributed by atoms with van der Waals surface area (Å²) in [6.07, 6.45) is 3.35. The molecule has 6 aromatic rings. The number of nitrogens with one attached hydrogen (secondary N) is 1. The van der Waals surface area contributed by atoms with Crippen molar-refractivity contribution in [1.82, 2.24) is 29.1 Å². The van der Waals surface area contributed by atoms with Crippen LogP contribution in [0.1, 0.15) is 18.8 Å². The standard InChI is InChI=1S/C29H24N8O2S/c1-17(33-26-21(13-31-29(30)35-26)23-15-40-16-32-23)27-34-22-10-6-9-20(18-11-12-24(38)36(2)14-18)25(22)28(39)37(27)19-7-4-3-5-8-19/h3-17H,1-2H3,(H3,30,31,33,35)/t17-/m1/s1. The van der Waals surface area contributed by atoms with E-state index in [0.29, 0.717) is 45.1 Å². The molecule has 0 aliphatic heterocycles. The van der Waals surface area contributed by atoms with E-state index in [1.807, 2.05) is 60.8 Å². The number of rotatable bonds is 6. The number of nitrogen functional groups attached to an aromatic ring is 1. The van der Waals surface area contributed by atoms with Gasteiger partial charge in [0.2, 0.25) is 11.5 Å². The third kappa shape index (κ3) is 4.52. The van der Waals surface area contributed by atoms with Crippen LogP contribution in [0, 0.1) is 0 Å². The number of nitrogens with zero attached hydrogens (tertiary/aromatic N) is 6. The Bertz CT molecular complexity index is 1970. The van der Waals surface area contributed by atoms with E-state index in [4.69, 9.17) is 10.7 Å². The number of para-hydroxylation sites is 1. The molecule has 0 aliphatic rings. The molecule has 0 saturated heterocycles. The highest BCUT2D eigenvalue weighted by atomic mass is 32.1. The lowest BCUT2D eigenvalue weighted by Gasteiger charge is -2.21. The van der Waals surface area contributed by atoms with E-state index in [-0.39, 0.29) is 17.1 Å². The molecule has 0 radical (unpaired) electrons. The van der Waals surface area contributed by atoms with Crippen LogP contribution in [-0.4, -0.2) is 29.1 Å². The molecule has 0 spiro atoms. The first-order valence-corrected chi connectivity index (χ1v) is 13.4. The molecule has 4 aromatic heterocycles. The van der Waals surface area contributed by atoms with Gasteiger partial charge in [0.15, 0.2) is 0 Å². The fourth-order valence-corrected chi connectivity index (χ4v) is 5.22. The summed E-state index contributed by atoms with van der Waals surface area (Å²) < 4.78 is 3.10. The third-order valence-corrected chi connectivity index (χ3v) is 7.18. The molecule has 0 amide bonds.